The van der Waals surface area contributed by atoms with Crippen LogP contribution in [0.15, 0.2) is 67.3 Å². The summed E-state index contributed by atoms with van der Waals surface area (Å²) in [4.78, 5) is 30.2. The van der Waals surface area contributed by atoms with Crippen molar-refractivity contribution in [1.82, 2.24) is 9.55 Å². The summed E-state index contributed by atoms with van der Waals surface area (Å²) >= 11 is 0. The summed E-state index contributed by atoms with van der Waals surface area (Å²) in [6, 6.07) is 14.9. The first-order chi connectivity index (χ1) is 13.2. The molecular weight excluding hydrogens is 340 g/mol. The number of hydrogen-bond donors (Lipinski definition) is 1. The van der Waals surface area contributed by atoms with Crippen LogP contribution in [0.25, 0.3) is 0 Å². The van der Waals surface area contributed by atoms with Crippen LogP contribution < -0.4 is 10.2 Å². The average Bonchev–Trinajstić information content (AvgIpc) is 3.34. The number of amides is 2. The van der Waals surface area contributed by atoms with Crippen LogP contribution in [0.3, 0.4) is 0 Å². The SMILES string of the molecule is O=C(Nc1ccc(N2CCCC2=O)cc1)c1cccc(Cn2ccnc2)c1. The molecule has 0 atom stereocenters. The Hall–Kier alpha value is -3.41. The molecule has 0 radical (unpaired) electrons. The molecule has 1 aliphatic heterocycles. The number of carbonyl (C=O) groups is 2. The van der Waals surface area contributed by atoms with Gasteiger partial charge in [0.1, 0.15) is 0 Å². The van der Waals surface area contributed by atoms with Gasteiger partial charge in [-0.1, -0.05) is 12.1 Å². The normalized spacial score (nSPS) is 13.8. The molecule has 0 unspecified atom stereocenters. The van der Waals surface area contributed by atoms with E-state index in [2.05, 4.69) is 10.3 Å². The highest BCUT2D eigenvalue weighted by Crippen LogP contribution is 2.23. The predicted octanol–water partition coefficient (Wildman–Crippen LogP) is 3.31. The topological polar surface area (TPSA) is 67.2 Å². The minimum absolute atomic E-state index is 0.154. The Kier molecular flexibility index (Phi) is 4.70. The largest absolute Gasteiger partial charge is 0.333 e. The number of nitrogens with one attached hydrogen (secondary N) is 1. The van der Waals surface area contributed by atoms with Gasteiger partial charge < -0.3 is 14.8 Å². The number of carbonyl (C=O) groups excluding carboxylic acids is 2. The van der Waals surface area contributed by atoms with Gasteiger partial charge in [0.2, 0.25) is 5.91 Å². The average molecular weight is 360 g/mol. The second kappa shape index (κ2) is 7.45. The van der Waals surface area contributed by atoms with Gasteiger partial charge in [0.25, 0.3) is 5.91 Å². The molecule has 6 heteroatoms. The first-order valence-electron chi connectivity index (χ1n) is 8.95. The molecule has 0 bridgehead atoms. The quantitative estimate of drug-likeness (QED) is 0.759. The molecule has 1 fully saturated rings. The summed E-state index contributed by atoms with van der Waals surface area (Å²) in [5.74, 6) is -0.00558. The molecule has 27 heavy (non-hydrogen) atoms. The van der Waals surface area contributed by atoms with E-state index >= 15 is 0 Å². The Morgan fingerprint density at radius 3 is 2.70 bits per heavy atom. The molecule has 1 saturated heterocycles. The van der Waals surface area contributed by atoms with E-state index in [1.807, 2.05) is 53.2 Å². The molecule has 1 aliphatic rings. The zero-order chi connectivity index (χ0) is 18.6. The van der Waals surface area contributed by atoms with Crippen LogP contribution in [-0.2, 0) is 11.3 Å². The van der Waals surface area contributed by atoms with Gasteiger partial charge in [0.05, 0.1) is 6.33 Å². The third-order valence-electron chi connectivity index (χ3n) is 4.62. The van der Waals surface area contributed by atoms with E-state index < -0.39 is 0 Å². The molecule has 2 heterocycles. The predicted molar refractivity (Wildman–Crippen MR) is 104 cm³/mol. The molecule has 2 amide bonds. The molecule has 0 aliphatic carbocycles. The molecule has 0 spiro atoms. The van der Waals surface area contributed by atoms with Gasteiger partial charge in [-0.05, 0) is 48.4 Å². The van der Waals surface area contributed by atoms with Crippen LogP contribution in [0.1, 0.15) is 28.8 Å². The zero-order valence-electron chi connectivity index (χ0n) is 14.8. The minimum Gasteiger partial charge on any atom is -0.333 e. The van der Waals surface area contributed by atoms with E-state index in [4.69, 9.17) is 0 Å². The number of hydrogen-bond acceptors (Lipinski definition) is 3. The second-order valence-corrected chi connectivity index (χ2v) is 6.59. The smallest absolute Gasteiger partial charge is 0.255 e. The molecule has 1 aromatic heterocycles. The van der Waals surface area contributed by atoms with E-state index in [0.29, 0.717) is 24.2 Å². The van der Waals surface area contributed by atoms with Crippen molar-refractivity contribution in [2.24, 2.45) is 0 Å². The Labute approximate surface area is 157 Å². The minimum atomic E-state index is -0.160. The molecule has 1 N–H and O–H groups in total. The fraction of sp³-hybridized carbons (Fsp3) is 0.190. The molecule has 136 valence electrons. The fourth-order valence-electron chi connectivity index (χ4n) is 3.25. The molecule has 2 aromatic carbocycles. The Bertz CT molecular complexity index is 949. The highest BCUT2D eigenvalue weighted by Gasteiger charge is 2.21. The highest BCUT2D eigenvalue weighted by atomic mass is 16.2. The van der Waals surface area contributed by atoms with Gasteiger partial charge in [-0.25, -0.2) is 4.98 Å². The van der Waals surface area contributed by atoms with E-state index in [9.17, 15) is 9.59 Å². The summed E-state index contributed by atoms with van der Waals surface area (Å²) in [5.41, 5.74) is 3.21. The van der Waals surface area contributed by atoms with Crippen molar-refractivity contribution in [2.45, 2.75) is 19.4 Å². The van der Waals surface area contributed by atoms with E-state index in [1.54, 1.807) is 23.5 Å². The first kappa shape index (κ1) is 17.0. The van der Waals surface area contributed by atoms with Crippen molar-refractivity contribution in [2.75, 3.05) is 16.8 Å². The Morgan fingerprint density at radius 2 is 2.00 bits per heavy atom. The molecule has 3 aromatic rings. The lowest BCUT2D eigenvalue weighted by molar-refractivity contribution is -0.117. The molecule has 4 rings (SSSR count). The van der Waals surface area contributed by atoms with Gasteiger partial charge >= 0.3 is 0 Å². The maximum atomic E-state index is 12.6. The Balaban J connectivity index is 1.43. The fourth-order valence-corrected chi connectivity index (χ4v) is 3.25. The number of benzene rings is 2. The van der Waals surface area contributed by atoms with Crippen LogP contribution in [0, 0.1) is 0 Å². The lowest BCUT2D eigenvalue weighted by Gasteiger charge is -2.16. The zero-order valence-corrected chi connectivity index (χ0v) is 14.8. The number of rotatable bonds is 5. The van der Waals surface area contributed by atoms with Gasteiger partial charge in [-0.2, -0.15) is 0 Å². The third kappa shape index (κ3) is 3.89. The lowest BCUT2D eigenvalue weighted by Crippen LogP contribution is -2.23. The van der Waals surface area contributed by atoms with Crippen LogP contribution in [0.5, 0.6) is 0 Å². The molecule has 6 nitrogen and oxygen atoms in total. The van der Waals surface area contributed by atoms with Crippen molar-refractivity contribution in [1.29, 1.82) is 0 Å². The van der Waals surface area contributed by atoms with E-state index in [0.717, 1.165) is 24.2 Å². The summed E-state index contributed by atoms with van der Waals surface area (Å²) in [6.45, 7) is 1.42. The molecular formula is C21H20N4O2. The number of imidazole rings is 1. The maximum absolute atomic E-state index is 12.6. The van der Waals surface area contributed by atoms with Crippen molar-refractivity contribution in [3.8, 4) is 0 Å². The lowest BCUT2D eigenvalue weighted by atomic mass is 10.1. The van der Waals surface area contributed by atoms with Gasteiger partial charge in [0, 0.05) is 48.8 Å². The number of aromatic nitrogens is 2. The van der Waals surface area contributed by atoms with Crippen molar-refractivity contribution in [3.05, 3.63) is 78.4 Å². The van der Waals surface area contributed by atoms with Gasteiger partial charge in [0.15, 0.2) is 0 Å². The highest BCUT2D eigenvalue weighted by molar-refractivity contribution is 6.04. The van der Waals surface area contributed by atoms with E-state index in [1.165, 1.54) is 0 Å². The molecule has 0 saturated carbocycles. The first-order valence-corrected chi connectivity index (χ1v) is 8.95. The monoisotopic (exact) mass is 360 g/mol. The number of nitrogens with zero attached hydrogens (tertiary/aromatic N) is 3. The van der Waals surface area contributed by atoms with Gasteiger partial charge in [-0.3, -0.25) is 9.59 Å². The summed E-state index contributed by atoms with van der Waals surface area (Å²) in [7, 11) is 0. The standard InChI is InChI=1S/C21H20N4O2/c26-20-5-2-11-25(20)19-8-6-18(7-9-19)23-21(27)17-4-1-3-16(13-17)14-24-12-10-22-15-24/h1,3-4,6-10,12-13,15H,2,5,11,14H2,(H,23,27). The van der Waals surface area contributed by atoms with Crippen LogP contribution in [-0.4, -0.2) is 27.9 Å². The van der Waals surface area contributed by atoms with Crippen molar-refractivity contribution in [3.63, 3.8) is 0 Å². The summed E-state index contributed by atoms with van der Waals surface area (Å²) in [5, 5.41) is 2.91. The maximum Gasteiger partial charge on any atom is 0.255 e. The number of anilines is 2. The summed E-state index contributed by atoms with van der Waals surface area (Å²) < 4.78 is 1.95. The van der Waals surface area contributed by atoms with Gasteiger partial charge in [-0.15, -0.1) is 0 Å². The van der Waals surface area contributed by atoms with Crippen LogP contribution in [0.4, 0.5) is 11.4 Å². The third-order valence-corrected chi connectivity index (χ3v) is 4.62. The van der Waals surface area contributed by atoms with Crippen molar-refractivity contribution >= 4 is 23.2 Å². The van der Waals surface area contributed by atoms with Crippen molar-refractivity contribution < 1.29 is 9.59 Å². The second-order valence-electron chi connectivity index (χ2n) is 6.59. The van der Waals surface area contributed by atoms with Crippen LogP contribution in [0.2, 0.25) is 0 Å². The van der Waals surface area contributed by atoms with Crippen LogP contribution >= 0.6 is 0 Å². The summed E-state index contributed by atoms with van der Waals surface area (Å²) in [6.07, 6.45) is 6.87. The van der Waals surface area contributed by atoms with E-state index in [-0.39, 0.29) is 11.8 Å². The Morgan fingerprint density at radius 1 is 1.15 bits per heavy atom.